The minimum absolute atomic E-state index is 0.0170. The van der Waals surface area contributed by atoms with Crippen LogP contribution in [0.25, 0.3) is 66.4 Å². The van der Waals surface area contributed by atoms with Crippen molar-refractivity contribution in [2.45, 2.75) is 32.1 Å². The van der Waals surface area contributed by atoms with Gasteiger partial charge in [-0.25, -0.2) is 0 Å². The Morgan fingerprint density at radius 3 is 1.73 bits per heavy atom. The maximum Gasteiger partial charge on any atom is 0.0541 e. The molecule has 0 unspecified atom stereocenters. The Morgan fingerprint density at radius 2 is 1.02 bits per heavy atom. The van der Waals surface area contributed by atoms with Crippen molar-refractivity contribution in [1.82, 2.24) is 4.57 Å². The van der Waals surface area contributed by atoms with E-state index in [2.05, 4.69) is 230 Å². The van der Waals surface area contributed by atoms with Crippen LogP contribution in [0.5, 0.6) is 0 Å². The normalized spacial score (nSPS) is 14.1. The lowest BCUT2D eigenvalue weighted by Gasteiger charge is -2.29. The lowest BCUT2D eigenvalue weighted by atomic mass is 9.78. The number of fused-ring (bicyclic) bond motifs is 5. The molecule has 0 bridgehead atoms. The molecule has 0 aliphatic heterocycles. The van der Waals surface area contributed by atoms with E-state index in [1.54, 1.807) is 5.57 Å². The molecule has 9 aromatic rings. The molecule has 0 saturated carbocycles. The van der Waals surface area contributed by atoms with Crippen molar-refractivity contribution in [2.75, 3.05) is 4.90 Å². The second-order valence-electron chi connectivity index (χ2n) is 16.5. The van der Waals surface area contributed by atoms with Crippen LogP contribution in [-0.4, -0.2) is 4.57 Å². The third-order valence-electron chi connectivity index (χ3n) is 12.7. The number of aromatic nitrogens is 1. The fraction of sp³-hybridized carbons (Fsp3) is 0.0877. The molecular formula is C57H44N2. The van der Waals surface area contributed by atoms with Gasteiger partial charge in [-0.3, -0.25) is 0 Å². The van der Waals surface area contributed by atoms with E-state index in [1.165, 1.54) is 83.3 Å². The van der Waals surface area contributed by atoms with Gasteiger partial charge in [0.15, 0.2) is 0 Å². The molecule has 11 rings (SSSR count). The van der Waals surface area contributed by atoms with Gasteiger partial charge in [-0.1, -0.05) is 153 Å². The fourth-order valence-corrected chi connectivity index (χ4v) is 9.72. The number of rotatable bonds is 7. The summed E-state index contributed by atoms with van der Waals surface area (Å²) in [6.07, 6.45) is 6.93. The van der Waals surface area contributed by atoms with Gasteiger partial charge in [0.2, 0.25) is 0 Å². The monoisotopic (exact) mass is 756 g/mol. The third kappa shape index (κ3) is 5.94. The number of allylic oxidation sites excluding steroid dienone is 4. The third-order valence-corrected chi connectivity index (χ3v) is 12.7. The second-order valence-corrected chi connectivity index (χ2v) is 16.5. The van der Waals surface area contributed by atoms with Crippen LogP contribution in [0.2, 0.25) is 0 Å². The summed E-state index contributed by atoms with van der Waals surface area (Å²) in [6, 6.07) is 71.2. The van der Waals surface area contributed by atoms with Gasteiger partial charge in [0.25, 0.3) is 0 Å². The Bertz CT molecular complexity index is 3090. The summed E-state index contributed by atoms with van der Waals surface area (Å²) in [5, 5.41) is 2.52. The number of hydrogen-bond donors (Lipinski definition) is 0. The van der Waals surface area contributed by atoms with Crippen molar-refractivity contribution in [3.05, 3.63) is 223 Å². The van der Waals surface area contributed by atoms with E-state index < -0.39 is 0 Å². The van der Waals surface area contributed by atoms with Crippen LogP contribution in [0.3, 0.4) is 0 Å². The molecular weight excluding hydrogens is 713 g/mol. The Kier molecular flexibility index (Phi) is 8.34. The van der Waals surface area contributed by atoms with Gasteiger partial charge in [-0.2, -0.15) is 0 Å². The highest BCUT2D eigenvalue weighted by Gasteiger charge is 2.37. The lowest BCUT2D eigenvalue weighted by Crippen LogP contribution is -2.18. The molecule has 2 aliphatic rings. The molecule has 0 N–H and O–H groups in total. The smallest absolute Gasteiger partial charge is 0.0541 e. The summed E-state index contributed by atoms with van der Waals surface area (Å²) in [5.74, 6) is 0. The van der Waals surface area contributed by atoms with Crippen molar-refractivity contribution in [1.29, 1.82) is 0 Å². The summed E-state index contributed by atoms with van der Waals surface area (Å²) in [4.78, 5) is 2.42. The zero-order chi connectivity index (χ0) is 39.5. The molecule has 2 heteroatoms. The first-order chi connectivity index (χ1) is 29.0. The summed E-state index contributed by atoms with van der Waals surface area (Å²) in [7, 11) is 0. The first-order valence-corrected chi connectivity index (χ1v) is 20.8. The van der Waals surface area contributed by atoms with Crippen molar-refractivity contribution >= 4 is 44.4 Å². The highest BCUT2D eigenvalue weighted by atomic mass is 15.1. The molecule has 0 spiro atoms. The summed E-state index contributed by atoms with van der Waals surface area (Å²) >= 11 is 0. The predicted molar refractivity (Wildman–Crippen MR) is 250 cm³/mol. The maximum atomic E-state index is 2.45. The molecule has 0 saturated heterocycles. The molecule has 282 valence electrons. The van der Waals surface area contributed by atoms with Crippen molar-refractivity contribution in [2.24, 2.45) is 0 Å². The molecule has 2 aliphatic carbocycles. The highest BCUT2D eigenvalue weighted by Crippen LogP contribution is 2.52. The van der Waals surface area contributed by atoms with Crippen LogP contribution in [0.4, 0.5) is 17.1 Å². The summed E-state index contributed by atoms with van der Waals surface area (Å²) in [5.41, 5.74) is 20.0. The Morgan fingerprint density at radius 1 is 0.458 bits per heavy atom. The number of para-hydroxylation sites is 2. The van der Waals surface area contributed by atoms with Crippen LogP contribution in [-0.2, 0) is 5.41 Å². The van der Waals surface area contributed by atoms with Gasteiger partial charge in [-0.15, -0.1) is 0 Å². The largest absolute Gasteiger partial charge is 0.310 e. The van der Waals surface area contributed by atoms with E-state index in [-0.39, 0.29) is 5.41 Å². The zero-order valence-corrected chi connectivity index (χ0v) is 33.4. The standard InChI is InChI=1S/C57H44N2/c1-57(2)53-22-11-9-20-49(53)50-34-33-48(38-54(50)57)58(46-29-24-40(25-30-46)43-17-13-16-42(36-43)39-14-5-3-6-15-39)47-31-26-41(27-32-47)44-28-35-56-52(37-44)51-21-10-12-23-55(51)59(56)45-18-7-4-8-19-45/h3-10,12-21,23-38H,11,22H2,1-2H3. The van der Waals surface area contributed by atoms with Crippen molar-refractivity contribution < 1.29 is 0 Å². The van der Waals surface area contributed by atoms with E-state index in [0.29, 0.717) is 0 Å². The Balaban J connectivity index is 0.989. The van der Waals surface area contributed by atoms with E-state index in [0.717, 1.165) is 24.2 Å². The topological polar surface area (TPSA) is 8.17 Å². The molecule has 0 atom stereocenters. The SMILES string of the molecule is CC1(C)C2=C(C=CCC2)c2ccc(N(c3ccc(-c4cccc(-c5ccccc5)c4)cc3)c3ccc(-c4ccc5c(c4)c4ccccc4n5-c4ccccc4)cc3)cc21. The highest BCUT2D eigenvalue weighted by molar-refractivity contribution is 6.10. The van der Waals surface area contributed by atoms with Crippen LogP contribution in [0.1, 0.15) is 37.8 Å². The number of hydrogen-bond acceptors (Lipinski definition) is 1. The molecule has 1 heterocycles. The van der Waals surface area contributed by atoms with Gasteiger partial charge < -0.3 is 9.47 Å². The lowest BCUT2D eigenvalue weighted by molar-refractivity contribution is 0.607. The van der Waals surface area contributed by atoms with Crippen LogP contribution in [0.15, 0.2) is 212 Å². The van der Waals surface area contributed by atoms with Gasteiger partial charge in [0, 0.05) is 38.9 Å². The number of benzene rings is 8. The molecule has 2 nitrogen and oxygen atoms in total. The van der Waals surface area contributed by atoms with Crippen LogP contribution in [0, 0.1) is 0 Å². The average Bonchev–Trinajstić information content (AvgIpc) is 3.75. The Labute approximate surface area is 346 Å². The summed E-state index contributed by atoms with van der Waals surface area (Å²) < 4.78 is 2.38. The van der Waals surface area contributed by atoms with Crippen LogP contribution >= 0.6 is 0 Å². The molecule has 1 aromatic heterocycles. The van der Waals surface area contributed by atoms with E-state index in [4.69, 9.17) is 0 Å². The quantitative estimate of drug-likeness (QED) is 0.157. The average molecular weight is 757 g/mol. The predicted octanol–water partition coefficient (Wildman–Crippen LogP) is 15.6. The first-order valence-electron chi connectivity index (χ1n) is 20.8. The van der Waals surface area contributed by atoms with Gasteiger partial charge >= 0.3 is 0 Å². The minimum Gasteiger partial charge on any atom is -0.310 e. The van der Waals surface area contributed by atoms with Crippen molar-refractivity contribution in [3.63, 3.8) is 0 Å². The van der Waals surface area contributed by atoms with Crippen LogP contribution < -0.4 is 4.90 Å². The van der Waals surface area contributed by atoms with E-state index >= 15 is 0 Å². The van der Waals surface area contributed by atoms with Gasteiger partial charge in [0.1, 0.15) is 0 Å². The molecule has 0 radical (unpaired) electrons. The zero-order valence-electron chi connectivity index (χ0n) is 33.4. The van der Waals surface area contributed by atoms with E-state index in [9.17, 15) is 0 Å². The number of nitrogens with zero attached hydrogens (tertiary/aromatic N) is 2. The summed E-state index contributed by atoms with van der Waals surface area (Å²) in [6.45, 7) is 4.81. The second kappa shape index (κ2) is 14.0. The molecule has 0 fully saturated rings. The van der Waals surface area contributed by atoms with Gasteiger partial charge in [0.05, 0.1) is 11.0 Å². The fourth-order valence-electron chi connectivity index (χ4n) is 9.72. The number of anilines is 3. The maximum absolute atomic E-state index is 2.45. The van der Waals surface area contributed by atoms with E-state index in [1.807, 2.05) is 0 Å². The molecule has 0 amide bonds. The van der Waals surface area contributed by atoms with Crippen molar-refractivity contribution in [3.8, 4) is 39.1 Å². The molecule has 59 heavy (non-hydrogen) atoms. The molecule has 8 aromatic carbocycles. The first kappa shape index (κ1) is 35.0. The minimum atomic E-state index is -0.0170. The van der Waals surface area contributed by atoms with Gasteiger partial charge in [-0.05, 0) is 136 Å². The Hall–Kier alpha value is -7.16.